The molecule has 1 aromatic rings. The average molecular weight is 221 g/mol. The molecule has 0 spiro atoms. The molecule has 0 heterocycles. The van der Waals surface area contributed by atoms with Gasteiger partial charge >= 0.3 is 0 Å². The number of phenols is 1. The summed E-state index contributed by atoms with van der Waals surface area (Å²) < 4.78 is 5.07. The fraction of sp³-hybridized carbons (Fsp3) is 0.538. The number of ether oxygens (including phenoxy) is 1. The van der Waals surface area contributed by atoms with E-state index in [1.807, 2.05) is 12.1 Å². The van der Waals surface area contributed by atoms with E-state index in [-0.39, 0.29) is 5.41 Å². The molecule has 0 radical (unpaired) electrons. The van der Waals surface area contributed by atoms with Gasteiger partial charge in [-0.1, -0.05) is 19.9 Å². The Hall–Kier alpha value is -1.22. The summed E-state index contributed by atoms with van der Waals surface area (Å²) in [7, 11) is 1.60. The number of benzene rings is 1. The van der Waals surface area contributed by atoms with Crippen LogP contribution < -0.4 is 10.5 Å². The molecule has 1 fully saturated rings. The molecule has 0 aliphatic heterocycles. The highest BCUT2D eigenvalue weighted by Gasteiger charge is 2.57. The summed E-state index contributed by atoms with van der Waals surface area (Å²) >= 11 is 0. The number of aromatic hydroxyl groups is 1. The maximum Gasteiger partial charge on any atom is 0.122 e. The zero-order chi connectivity index (χ0) is 11.9. The van der Waals surface area contributed by atoms with Crippen molar-refractivity contribution in [1.29, 1.82) is 0 Å². The van der Waals surface area contributed by atoms with E-state index >= 15 is 0 Å². The van der Waals surface area contributed by atoms with Crippen molar-refractivity contribution < 1.29 is 9.84 Å². The molecule has 0 amide bonds. The van der Waals surface area contributed by atoms with Gasteiger partial charge in [0.1, 0.15) is 11.5 Å². The fourth-order valence-electron chi connectivity index (χ4n) is 2.71. The summed E-state index contributed by atoms with van der Waals surface area (Å²) in [6, 6.07) is 5.49. The summed E-state index contributed by atoms with van der Waals surface area (Å²) in [5.41, 5.74) is 6.92. The first-order chi connectivity index (χ1) is 7.52. The molecule has 2 atom stereocenters. The SMILES string of the molecule is COc1ccc(C2C(CN)C2(C)C)c(O)c1. The third-order valence-corrected chi connectivity index (χ3v) is 3.88. The molecule has 1 aromatic carbocycles. The monoisotopic (exact) mass is 221 g/mol. The fourth-order valence-corrected chi connectivity index (χ4v) is 2.71. The van der Waals surface area contributed by atoms with Crippen molar-refractivity contribution in [3.63, 3.8) is 0 Å². The normalized spacial score (nSPS) is 26.5. The number of hydrogen-bond acceptors (Lipinski definition) is 3. The van der Waals surface area contributed by atoms with Gasteiger partial charge in [0.2, 0.25) is 0 Å². The summed E-state index contributed by atoms with van der Waals surface area (Å²) in [4.78, 5) is 0. The van der Waals surface area contributed by atoms with Gasteiger partial charge in [0.25, 0.3) is 0 Å². The summed E-state index contributed by atoms with van der Waals surface area (Å²) in [6.45, 7) is 5.06. The second-order valence-corrected chi connectivity index (χ2v) is 5.07. The van der Waals surface area contributed by atoms with E-state index < -0.39 is 0 Å². The van der Waals surface area contributed by atoms with Gasteiger partial charge in [-0.15, -0.1) is 0 Å². The van der Waals surface area contributed by atoms with Crippen LogP contribution in [-0.4, -0.2) is 18.8 Å². The second-order valence-electron chi connectivity index (χ2n) is 5.07. The van der Waals surface area contributed by atoms with Gasteiger partial charge in [0.05, 0.1) is 7.11 Å². The predicted molar refractivity (Wildman–Crippen MR) is 63.7 cm³/mol. The van der Waals surface area contributed by atoms with Gasteiger partial charge in [0, 0.05) is 6.07 Å². The van der Waals surface area contributed by atoms with Crippen LogP contribution in [0.4, 0.5) is 0 Å². The van der Waals surface area contributed by atoms with Crippen LogP contribution in [0.15, 0.2) is 18.2 Å². The first-order valence-corrected chi connectivity index (χ1v) is 5.59. The van der Waals surface area contributed by atoms with Crippen LogP contribution in [0.2, 0.25) is 0 Å². The molecular weight excluding hydrogens is 202 g/mol. The third kappa shape index (κ3) is 1.55. The van der Waals surface area contributed by atoms with E-state index in [1.165, 1.54) is 0 Å². The van der Waals surface area contributed by atoms with E-state index in [1.54, 1.807) is 13.2 Å². The Morgan fingerprint density at radius 1 is 1.44 bits per heavy atom. The molecule has 1 aliphatic carbocycles. The number of hydrogen-bond donors (Lipinski definition) is 2. The van der Waals surface area contributed by atoms with Crippen molar-refractivity contribution in [1.82, 2.24) is 0 Å². The van der Waals surface area contributed by atoms with Gasteiger partial charge in [0.15, 0.2) is 0 Å². The Balaban J connectivity index is 2.30. The molecule has 0 saturated heterocycles. The van der Waals surface area contributed by atoms with E-state index in [9.17, 15) is 5.11 Å². The highest BCUT2D eigenvalue weighted by molar-refractivity contribution is 5.46. The van der Waals surface area contributed by atoms with Crippen molar-refractivity contribution in [2.24, 2.45) is 17.1 Å². The van der Waals surface area contributed by atoms with Crippen molar-refractivity contribution in [3.05, 3.63) is 23.8 Å². The van der Waals surface area contributed by atoms with Crippen LogP contribution >= 0.6 is 0 Å². The summed E-state index contributed by atoms with van der Waals surface area (Å²) in [5.74, 6) is 1.83. The largest absolute Gasteiger partial charge is 0.508 e. The van der Waals surface area contributed by atoms with E-state index in [4.69, 9.17) is 10.5 Å². The summed E-state index contributed by atoms with van der Waals surface area (Å²) in [6.07, 6.45) is 0. The first kappa shape index (κ1) is 11.3. The minimum absolute atomic E-state index is 0.195. The van der Waals surface area contributed by atoms with E-state index in [0.717, 1.165) is 5.56 Å². The highest BCUT2D eigenvalue weighted by atomic mass is 16.5. The first-order valence-electron chi connectivity index (χ1n) is 5.59. The molecule has 3 nitrogen and oxygen atoms in total. The van der Waals surface area contributed by atoms with Gasteiger partial charge in [-0.05, 0) is 35.4 Å². The zero-order valence-corrected chi connectivity index (χ0v) is 10.0. The number of phenolic OH excluding ortho intramolecular Hbond substituents is 1. The Morgan fingerprint density at radius 2 is 2.12 bits per heavy atom. The molecular formula is C13H19NO2. The van der Waals surface area contributed by atoms with Crippen molar-refractivity contribution >= 4 is 0 Å². The topological polar surface area (TPSA) is 55.5 Å². The zero-order valence-electron chi connectivity index (χ0n) is 10.0. The maximum absolute atomic E-state index is 9.96. The average Bonchev–Trinajstić information content (AvgIpc) is 2.80. The van der Waals surface area contributed by atoms with Crippen LogP contribution in [0.25, 0.3) is 0 Å². The van der Waals surface area contributed by atoms with Crippen LogP contribution in [-0.2, 0) is 0 Å². The Bertz CT molecular complexity index is 401. The van der Waals surface area contributed by atoms with Gasteiger partial charge in [-0.25, -0.2) is 0 Å². The standard InChI is InChI=1S/C13H19NO2/c1-13(2)10(7-14)12(13)9-5-4-8(16-3)6-11(9)15/h4-6,10,12,15H,7,14H2,1-3H3. The lowest BCUT2D eigenvalue weighted by atomic mass is 10.0. The Kier molecular flexibility index (Phi) is 2.58. The van der Waals surface area contributed by atoms with E-state index in [0.29, 0.717) is 29.9 Å². The van der Waals surface area contributed by atoms with Gasteiger partial charge < -0.3 is 15.6 Å². The maximum atomic E-state index is 9.96. The van der Waals surface area contributed by atoms with Crippen LogP contribution in [0.3, 0.4) is 0 Å². The lowest BCUT2D eigenvalue weighted by molar-refractivity contribution is 0.406. The summed E-state index contributed by atoms with van der Waals surface area (Å²) in [5, 5.41) is 9.96. The van der Waals surface area contributed by atoms with Crippen LogP contribution in [0.1, 0.15) is 25.3 Å². The van der Waals surface area contributed by atoms with Gasteiger partial charge in [-0.2, -0.15) is 0 Å². The lowest BCUT2D eigenvalue weighted by Crippen LogP contribution is -2.05. The molecule has 1 aliphatic rings. The van der Waals surface area contributed by atoms with E-state index in [2.05, 4.69) is 13.8 Å². The number of rotatable bonds is 3. The number of nitrogens with two attached hydrogens (primary N) is 1. The second kappa shape index (κ2) is 3.67. The molecule has 1 saturated carbocycles. The highest BCUT2D eigenvalue weighted by Crippen LogP contribution is 2.65. The number of methoxy groups -OCH3 is 1. The van der Waals surface area contributed by atoms with Crippen LogP contribution in [0, 0.1) is 11.3 Å². The molecule has 16 heavy (non-hydrogen) atoms. The molecule has 0 aromatic heterocycles. The van der Waals surface area contributed by atoms with Crippen molar-refractivity contribution in [2.45, 2.75) is 19.8 Å². The Morgan fingerprint density at radius 3 is 2.56 bits per heavy atom. The van der Waals surface area contributed by atoms with Crippen molar-refractivity contribution in [3.8, 4) is 11.5 Å². The molecule has 88 valence electrons. The van der Waals surface area contributed by atoms with Gasteiger partial charge in [-0.3, -0.25) is 0 Å². The smallest absolute Gasteiger partial charge is 0.122 e. The predicted octanol–water partition coefficient (Wildman–Crippen LogP) is 2.10. The lowest BCUT2D eigenvalue weighted by Gasteiger charge is -2.08. The molecule has 3 N–H and O–H groups in total. The van der Waals surface area contributed by atoms with Crippen LogP contribution in [0.5, 0.6) is 11.5 Å². The molecule has 0 bridgehead atoms. The molecule has 2 rings (SSSR count). The molecule has 3 heteroatoms. The minimum Gasteiger partial charge on any atom is -0.508 e. The third-order valence-electron chi connectivity index (χ3n) is 3.88. The quantitative estimate of drug-likeness (QED) is 0.821. The Labute approximate surface area is 96.2 Å². The van der Waals surface area contributed by atoms with Crippen molar-refractivity contribution in [2.75, 3.05) is 13.7 Å². The molecule has 2 unspecified atom stereocenters. The minimum atomic E-state index is 0.195.